The van der Waals surface area contributed by atoms with Crippen molar-refractivity contribution in [1.82, 2.24) is 10.2 Å². The van der Waals surface area contributed by atoms with Crippen molar-refractivity contribution in [2.45, 2.75) is 13.0 Å². The molecule has 2 rings (SSSR count). The van der Waals surface area contributed by atoms with Gasteiger partial charge in [0.05, 0.1) is 6.04 Å². The summed E-state index contributed by atoms with van der Waals surface area (Å²) in [7, 11) is 0. The maximum Gasteiger partial charge on any atom is 0.237 e. The van der Waals surface area contributed by atoms with E-state index in [-0.39, 0.29) is 18.6 Å². The molecule has 1 unspecified atom stereocenters. The Kier molecular flexibility index (Phi) is 5.61. The topological polar surface area (TPSA) is 61.8 Å². The Balaban J connectivity index is 1.79. The standard InChI is InChI=1S/C16H20N2O3/c1-13-16(20)17-8-9-18(13)10-12-21-15-6-4-14(5-7-15)3-2-11-19/h4-7,13,19H,8-12H2,1H3,(H,17,20). The summed E-state index contributed by atoms with van der Waals surface area (Å²) in [5.41, 5.74) is 0.845. The van der Waals surface area contributed by atoms with Crippen molar-refractivity contribution in [3.63, 3.8) is 0 Å². The number of piperazine rings is 1. The van der Waals surface area contributed by atoms with Crippen LogP contribution in [0.5, 0.6) is 5.75 Å². The van der Waals surface area contributed by atoms with E-state index in [1.54, 1.807) is 0 Å². The summed E-state index contributed by atoms with van der Waals surface area (Å²) in [5, 5.41) is 11.5. The summed E-state index contributed by atoms with van der Waals surface area (Å²) in [5.74, 6) is 6.28. The lowest BCUT2D eigenvalue weighted by Gasteiger charge is -2.32. The van der Waals surface area contributed by atoms with Gasteiger partial charge < -0.3 is 15.2 Å². The number of nitrogens with one attached hydrogen (secondary N) is 1. The fourth-order valence-electron chi connectivity index (χ4n) is 2.19. The Bertz CT molecular complexity index is 531. The smallest absolute Gasteiger partial charge is 0.237 e. The maximum absolute atomic E-state index is 11.5. The van der Waals surface area contributed by atoms with Gasteiger partial charge in [0.25, 0.3) is 0 Å². The third-order valence-corrected chi connectivity index (χ3v) is 3.44. The zero-order chi connectivity index (χ0) is 15.1. The van der Waals surface area contributed by atoms with Crippen LogP contribution in [0.1, 0.15) is 12.5 Å². The first kappa shape index (κ1) is 15.4. The molecule has 1 heterocycles. The van der Waals surface area contributed by atoms with Crippen molar-refractivity contribution < 1.29 is 14.6 Å². The van der Waals surface area contributed by atoms with Gasteiger partial charge in [0.15, 0.2) is 0 Å². The third-order valence-electron chi connectivity index (χ3n) is 3.44. The third kappa shape index (κ3) is 4.48. The largest absolute Gasteiger partial charge is 0.492 e. The number of benzene rings is 1. The van der Waals surface area contributed by atoms with E-state index in [0.717, 1.165) is 24.4 Å². The van der Waals surface area contributed by atoms with E-state index in [4.69, 9.17) is 9.84 Å². The van der Waals surface area contributed by atoms with Crippen LogP contribution in [0.3, 0.4) is 0 Å². The SMILES string of the molecule is CC1C(=O)NCCN1CCOc1ccc(C#CCO)cc1. The van der Waals surface area contributed by atoms with Crippen LogP contribution in [-0.4, -0.2) is 54.8 Å². The number of nitrogens with zero attached hydrogens (tertiary/aromatic N) is 1. The van der Waals surface area contributed by atoms with E-state index in [0.29, 0.717) is 13.2 Å². The number of ether oxygens (including phenoxy) is 1. The highest BCUT2D eigenvalue weighted by Crippen LogP contribution is 2.12. The summed E-state index contributed by atoms with van der Waals surface area (Å²) in [6, 6.07) is 7.32. The monoisotopic (exact) mass is 288 g/mol. The molecule has 0 radical (unpaired) electrons. The molecular weight excluding hydrogens is 268 g/mol. The first-order valence-electron chi connectivity index (χ1n) is 7.05. The minimum absolute atomic E-state index is 0.0769. The quantitative estimate of drug-likeness (QED) is 0.779. The number of hydrogen-bond donors (Lipinski definition) is 2. The zero-order valence-corrected chi connectivity index (χ0v) is 12.1. The lowest BCUT2D eigenvalue weighted by Crippen LogP contribution is -2.54. The van der Waals surface area contributed by atoms with Gasteiger partial charge in [0, 0.05) is 25.2 Å². The maximum atomic E-state index is 11.5. The Morgan fingerprint density at radius 2 is 2.19 bits per heavy atom. The van der Waals surface area contributed by atoms with Crippen molar-refractivity contribution in [3.8, 4) is 17.6 Å². The molecule has 1 aliphatic heterocycles. The molecule has 0 bridgehead atoms. The molecule has 5 nitrogen and oxygen atoms in total. The molecule has 0 aliphatic carbocycles. The molecular formula is C16H20N2O3. The predicted octanol–water partition coefficient (Wildman–Crippen LogP) is 0.229. The van der Waals surface area contributed by atoms with Crippen molar-refractivity contribution in [3.05, 3.63) is 29.8 Å². The number of hydrogen-bond acceptors (Lipinski definition) is 4. The van der Waals surface area contributed by atoms with Crippen LogP contribution in [0.2, 0.25) is 0 Å². The van der Waals surface area contributed by atoms with Gasteiger partial charge in [0.1, 0.15) is 19.0 Å². The van der Waals surface area contributed by atoms with Gasteiger partial charge in [-0.05, 0) is 31.2 Å². The van der Waals surface area contributed by atoms with Gasteiger partial charge >= 0.3 is 0 Å². The molecule has 1 aromatic rings. The highest BCUT2D eigenvalue weighted by atomic mass is 16.5. The van der Waals surface area contributed by atoms with E-state index in [9.17, 15) is 4.79 Å². The first-order chi connectivity index (χ1) is 10.2. The van der Waals surface area contributed by atoms with Crippen molar-refractivity contribution in [2.75, 3.05) is 32.8 Å². The molecule has 0 spiro atoms. The van der Waals surface area contributed by atoms with Gasteiger partial charge in [-0.3, -0.25) is 9.69 Å². The molecule has 5 heteroatoms. The van der Waals surface area contributed by atoms with E-state index in [2.05, 4.69) is 22.1 Å². The lowest BCUT2D eigenvalue weighted by molar-refractivity contribution is -0.128. The Hall–Kier alpha value is -2.03. The Labute approximate surface area is 124 Å². The number of aliphatic hydroxyl groups excluding tert-OH is 1. The number of carbonyl (C=O) groups is 1. The van der Waals surface area contributed by atoms with E-state index >= 15 is 0 Å². The number of carbonyl (C=O) groups excluding carboxylic acids is 1. The van der Waals surface area contributed by atoms with Crippen molar-refractivity contribution in [2.24, 2.45) is 0 Å². The Morgan fingerprint density at radius 1 is 1.43 bits per heavy atom. The molecule has 21 heavy (non-hydrogen) atoms. The second-order valence-corrected chi connectivity index (χ2v) is 4.84. The van der Waals surface area contributed by atoms with Crippen molar-refractivity contribution in [1.29, 1.82) is 0 Å². The van der Waals surface area contributed by atoms with Crippen LogP contribution in [0.25, 0.3) is 0 Å². The van der Waals surface area contributed by atoms with Crippen LogP contribution in [0.4, 0.5) is 0 Å². The fraction of sp³-hybridized carbons (Fsp3) is 0.438. The zero-order valence-electron chi connectivity index (χ0n) is 12.1. The van der Waals surface area contributed by atoms with Crippen LogP contribution >= 0.6 is 0 Å². The molecule has 1 atom stereocenters. The molecule has 2 N–H and O–H groups in total. The summed E-state index contributed by atoms with van der Waals surface area (Å²) in [6.07, 6.45) is 0. The summed E-state index contributed by atoms with van der Waals surface area (Å²) in [6.45, 7) is 4.58. The molecule has 1 saturated heterocycles. The number of aliphatic hydroxyl groups is 1. The molecule has 112 valence electrons. The van der Waals surface area contributed by atoms with E-state index in [1.807, 2.05) is 31.2 Å². The molecule has 1 aromatic carbocycles. The van der Waals surface area contributed by atoms with Gasteiger partial charge in [-0.1, -0.05) is 11.8 Å². The average molecular weight is 288 g/mol. The van der Waals surface area contributed by atoms with Crippen LogP contribution in [-0.2, 0) is 4.79 Å². The normalized spacial score (nSPS) is 18.6. The lowest BCUT2D eigenvalue weighted by atomic mass is 10.2. The second-order valence-electron chi connectivity index (χ2n) is 4.84. The summed E-state index contributed by atoms with van der Waals surface area (Å²) < 4.78 is 5.68. The summed E-state index contributed by atoms with van der Waals surface area (Å²) in [4.78, 5) is 13.6. The molecule has 1 aliphatic rings. The number of rotatable bonds is 4. The predicted molar refractivity (Wildman–Crippen MR) is 79.9 cm³/mol. The van der Waals surface area contributed by atoms with Crippen LogP contribution in [0, 0.1) is 11.8 Å². The van der Waals surface area contributed by atoms with Gasteiger partial charge in [-0.25, -0.2) is 0 Å². The minimum Gasteiger partial charge on any atom is -0.492 e. The molecule has 1 fully saturated rings. The van der Waals surface area contributed by atoms with Gasteiger partial charge in [0.2, 0.25) is 5.91 Å². The van der Waals surface area contributed by atoms with E-state index < -0.39 is 0 Å². The second kappa shape index (κ2) is 7.67. The summed E-state index contributed by atoms with van der Waals surface area (Å²) >= 11 is 0. The highest BCUT2D eigenvalue weighted by Gasteiger charge is 2.24. The van der Waals surface area contributed by atoms with Gasteiger partial charge in [-0.2, -0.15) is 0 Å². The number of amides is 1. The highest BCUT2D eigenvalue weighted by molar-refractivity contribution is 5.81. The average Bonchev–Trinajstić information content (AvgIpc) is 2.51. The fourth-order valence-corrected chi connectivity index (χ4v) is 2.19. The minimum atomic E-state index is -0.139. The first-order valence-corrected chi connectivity index (χ1v) is 7.05. The van der Waals surface area contributed by atoms with E-state index in [1.165, 1.54) is 0 Å². The van der Waals surface area contributed by atoms with Gasteiger partial charge in [-0.15, -0.1) is 0 Å². The molecule has 0 aromatic heterocycles. The Morgan fingerprint density at radius 3 is 2.90 bits per heavy atom. The van der Waals surface area contributed by atoms with Crippen LogP contribution < -0.4 is 10.1 Å². The van der Waals surface area contributed by atoms with Crippen molar-refractivity contribution >= 4 is 5.91 Å². The van der Waals surface area contributed by atoms with Crippen LogP contribution in [0.15, 0.2) is 24.3 Å². The molecule has 0 saturated carbocycles. The molecule has 1 amide bonds.